The summed E-state index contributed by atoms with van der Waals surface area (Å²) in [5.41, 5.74) is 2.33. The van der Waals surface area contributed by atoms with E-state index < -0.39 is 0 Å². The highest BCUT2D eigenvalue weighted by atomic mass is 16.5. The average Bonchev–Trinajstić information content (AvgIpc) is 2.51. The van der Waals surface area contributed by atoms with Crippen LogP contribution in [0.5, 0.6) is 0 Å². The predicted octanol–water partition coefficient (Wildman–Crippen LogP) is 1.50. The SMILES string of the molecule is Cc1cc(C#CCO)cc(C(=O)NCC2CCCOC2)c1. The largest absolute Gasteiger partial charge is 0.384 e. The zero-order valence-corrected chi connectivity index (χ0v) is 12.3. The average molecular weight is 287 g/mol. The third kappa shape index (κ3) is 4.89. The second kappa shape index (κ2) is 7.82. The van der Waals surface area contributed by atoms with Crippen LogP contribution in [0.2, 0.25) is 0 Å². The lowest BCUT2D eigenvalue weighted by Gasteiger charge is -2.22. The minimum absolute atomic E-state index is 0.0867. The summed E-state index contributed by atoms with van der Waals surface area (Å²) in [4.78, 5) is 12.2. The van der Waals surface area contributed by atoms with Crippen molar-refractivity contribution in [2.24, 2.45) is 5.92 Å². The number of ether oxygens (including phenoxy) is 1. The summed E-state index contributed by atoms with van der Waals surface area (Å²) in [7, 11) is 0. The second-order valence-corrected chi connectivity index (χ2v) is 5.34. The first-order chi connectivity index (χ1) is 10.2. The van der Waals surface area contributed by atoms with Crippen molar-refractivity contribution in [2.75, 3.05) is 26.4 Å². The standard InChI is InChI=1S/C17H21NO3/c1-13-8-14(4-2-6-19)10-16(9-13)17(20)18-11-15-5-3-7-21-12-15/h8-10,15,19H,3,5-7,11-12H2,1H3,(H,18,20). The quantitative estimate of drug-likeness (QED) is 0.828. The van der Waals surface area contributed by atoms with Gasteiger partial charge in [-0.05, 0) is 49.4 Å². The van der Waals surface area contributed by atoms with Crippen LogP contribution >= 0.6 is 0 Å². The zero-order chi connectivity index (χ0) is 15.1. The molecular weight excluding hydrogens is 266 g/mol. The van der Waals surface area contributed by atoms with E-state index >= 15 is 0 Å². The van der Waals surface area contributed by atoms with Crippen LogP contribution in [0.4, 0.5) is 0 Å². The molecule has 1 aliphatic heterocycles. The molecule has 0 spiro atoms. The zero-order valence-electron chi connectivity index (χ0n) is 12.3. The molecule has 4 heteroatoms. The molecule has 1 amide bonds. The number of nitrogens with one attached hydrogen (secondary N) is 1. The molecule has 1 unspecified atom stereocenters. The molecule has 0 aliphatic carbocycles. The maximum atomic E-state index is 12.2. The molecule has 0 radical (unpaired) electrons. The van der Waals surface area contributed by atoms with Crippen molar-refractivity contribution >= 4 is 5.91 Å². The van der Waals surface area contributed by atoms with Gasteiger partial charge in [0.25, 0.3) is 5.91 Å². The van der Waals surface area contributed by atoms with Gasteiger partial charge in [-0.25, -0.2) is 0 Å². The minimum atomic E-state index is -0.183. The summed E-state index contributed by atoms with van der Waals surface area (Å²) in [5.74, 6) is 5.75. The van der Waals surface area contributed by atoms with E-state index in [2.05, 4.69) is 17.2 Å². The molecule has 0 aromatic heterocycles. The van der Waals surface area contributed by atoms with Gasteiger partial charge in [0.05, 0.1) is 6.61 Å². The summed E-state index contributed by atoms with van der Waals surface area (Å²) in [6.45, 7) is 3.94. The molecule has 4 nitrogen and oxygen atoms in total. The van der Waals surface area contributed by atoms with Crippen LogP contribution in [0.25, 0.3) is 0 Å². The summed E-state index contributed by atoms with van der Waals surface area (Å²) in [6, 6.07) is 5.49. The Labute approximate surface area is 125 Å². The van der Waals surface area contributed by atoms with E-state index in [9.17, 15) is 4.79 Å². The van der Waals surface area contributed by atoms with Gasteiger partial charge < -0.3 is 15.2 Å². The van der Waals surface area contributed by atoms with E-state index in [0.717, 1.165) is 37.2 Å². The summed E-state index contributed by atoms with van der Waals surface area (Å²) in [6.07, 6.45) is 2.16. The Bertz CT molecular complexity index is 551. The lowest BCUT2D eigenvalue weighted by molar-refractivity contribution is 0.0536. The van der Waals surface area contributed by atoms with Crippen LogP contribution in [0, 0.1) is 24.7 Å². The fourth-order valence-corrected chi connectivity index (χ4v) is 2.44. The Hall–Kier alpha value is -1.83. The molecule has 1 aliphatic rings. The van der Waals surface area contributed by atoms with Gasteiger partial charge in [0, 0.05) is 24.3 Å². The van der Waals surface area contributed by atoms with Gasteiger partial charge in [-0.1, -0.05) is 11.8 Å². The maximum Gasteiger partial charge on any atom is 0.251 e. The predicted molar refractivity (Wildman–Crippen MR) is 81.0 cm³/mol. The van der Waals surface area contributed by atoms with Crippen molar-refractivity contribution in [3.63, 3.8) is 0 Å². The van der Waals surface area contributed by atoms with Crippen molar-refractivity contribution in [1.29, 1.82) is 0 Å². The number of hydrogen-bond acceptors (Lipinski definition) is 3. The molecule has 1 fully saturated rings. The highest BCUT2D eigenvalue weighted by Crippen LogP contribution is 2.13. The molecule has 2 N–H and O–H groups in total. The van der Waals surface area contributed by atoms with E-state index in [-0.39, 0.29) is 12.5 Å². The fourth-order valence-electron chi connectivity index (χ4n) is 2.44. The van der Waals surface area contributed by atoms with Crippen molar-refractivity contribution in [3.8, 4) is 11.8 Å². The summed E-state index contributed by atoms with van der Waals surface area (Å²) >= 11 is 0. The lowest BCUT2D eigenvalue weighted by atomic mass is 10.0. The van der Waals surface area contributed by atoms with Crippen molar-refractivity contribution < 1.29 is 14.6 Å². The van der Waals surface area contributed by atoms with E-state index in [1.807, 2.05) is 19.1 Å². The molecule has 2 rings (SSSR count). The molecule has 1 aromatic carbocycles. The Kier molecular flexibility index (Phi) is 5.79. The van der Waals surface area contributed by atoms with E-state index in [1.165, 1.54) is 0 Å². The number of benzene rings is 1. The van der Waals surface area contributed by atoms with Gasteiger partial charge in [-0.3, -0.25) is 4.79 Å². The number of carbonyl (C=O) groups is 1. The number of aryl methyl sites for hydroxylation is 1. The summed E-state index contributed by atoms with van der Waals surface area (Å²) in [5, 5.41) is 11.7. The normalized spacial score (nSPS) is 17.7. The van der Waals surface area contributed by atoms with Gasteiger partial charge in [-0.15, -0.1) is 0 Å². The van der Waals surface area contributed by atoms with Crippen LogP contribution in [-0.4, -0.2) is 37.4 Å². The van der Waals surface area contributed by atoms with E-state index in [0.29, 0.717) is 18.0 Å². The van der Waals surface area contributed by atoms with Gasteiger partial charge in [0.2, 0.25) is 0 Å². The maximum absolute atomic E-state index is 12.2. The van der Waals surface area contributed by atoms with E-state index in [1.54, 1.807) is 6.07 Å². The number of amides is 1. The molecule has 1 heterocycles. The first-order valence-electron chi connectivity index (χ1n) is 7.26. The summed E-state index contributed by atoms with van der Waals surface area (Å²) < 4.78 is 5.41. The van der Waals surface area contributed by atoms with Gasteiger partial charge in [0.1, 0.15) is 6.61 Å². The van der Waals surface area contributed by atoms with Crippen LogP contribution in [0.15, 0.2) is 18.2 Å². The van der Waals surface area contributed by atoms with Crippen molar-refractivity contribution in [1.82, 2.24) is 5.32 Å². The van der Waals surface area contributed by atoms with Crippen LogP contribution < -0.4 is 5.32 Å². The Morgan fingerprint density at radius 1 is 1.48 bits per heavy atom. The molecule has 1 saturated heterocycles. The molecule has 1 atom stereocenters. The van der Waals surface area contributed by atoms with Gasteiger partial charge in [-0.2, -0.15) is 0 Å². The third-order valence-corrected chi connectivity index (χ3v) is 3.46. The number of aliphatic hydroxyl groups is 1. The Morgan fingerprint density at radius 2 is 2.33 bits per heavy atom. The van der Waals surface area contributed by atoms with Gasteiger partial charge in [0.15, 0.2) is 0 Å². The van der Waals surface area contributed by atoms with Crippen molar-refractivity contribution in [3.05, 3.63) is 34.9 Å². The monoisotopic (exact) mass is 287 g/mol. The topological polar surface area (TPSA) is 58.6 Å². The highest BCUT2D eigenvalue weighted by Gasteiger charge is 2.15. The Morgan fingerprint density at radius 3 is 3.05 bits per heavy atom. The van der Waals surface area contributed by atoms with Crippen LogP contribution in [-0.2, 0) is 4.74 Å². The molecule has 112 valence electrons. The second-order valence-electron chi connectivity index (χ2n) is 5.34. The molecule has 21 heavy (non-hydrogen) atoms. The fraction of sp³-hybridized carbons (Fsp3) is 0.471. The lowest BCUT2D eigenvalue weighted by Crippen LogP contribution is -2.33. The van der Waals surface area contributed by atoms with Crippen molar-refractivity contribution in [2.45, 2.75) is 19.8 Å². The smallest absolute Gasteiger partial charge is 0.251 e. The Balaban J connectivity index is 1.99. The molecular formula is C17H21NO3. The van der Waals surface area contributed by atoms with Crippen LogP contribution in [0.3, 0.4) is 0 Å². The minimum Gasteiger partial charge on any atom is -0.384 e. The molecule has 0 bridgehead atoms. The first kappa shape index (κ1) is 15.6. The highest BCUT2D eigenvalue weighted by molar-refractivity contribution is 5.94. The third-order valence-electron chi connectivity index (χ3n) is 3.46. The van der Waals surface area contributed by atoms with E-state index in [4.69, 9.17) is 9.84 Å². The number of rotatable bonds is 3. The van der Waals surface area contributed by atoms with Gasteiger partial charge >= 0.3 is 0 Å². The number of carbonyl (C=O) groups excluding carboxylic acids is 1. The number of aliphatic hydroxyl groups excluding tert-OH is 1. The molecule has 1 aromatic rings. The first-order valence-corrected chi connectivity index (χ1v) is 7.26. The number of hydrogen-bond donors (Lipinski definition) is 2. The molecule has 0 saturated carbocycles. The van der Waals surface area contributed by atoms with Crippen LogP contribution in [0.1, 0.15) is 34.3 Å².